The van der Waals surface area contributed by atoms with Crippen LogP contribution in [-0.4, -0.2) is 55.7 Å². The Kier molecular flexibility index (Phi) is 18.9. The standard InChI is InChI=1S/C16H36P.C7H12F3NO4S/c1-5-9-13-17(14-10-6-2,15-11-7-3)16-12-8-4;1-4(2)3-5(6(12)13)11-16(14,15)7(8,9)10/h5-16H2,1-4H3;4-5,11H,3H2,1-2H3,(H,12,13)/q+1;. The van der Waals surface area contributed by atoms with E-state index in [-0.39, 0.29) is 12.3 Å². The Bertz CT molecular complexity index is 576. The van der Waals surface area contributed by atoms with Gasteiger partial charge in [-0.2, -0.15) is 17.9 Å². The first-order chi connectivity index (χ1) is 15.2. The average molecular weight is 523 g/mol. The van der Waals surface area contributed by atoms with E-state index in [9.17, 15) is 26.4 Å². The van der Waals surface area contributed by atoms with Crippen molar-refractivity contribution in [2.24, 2.45) is 5.92 Å². The number of alkyl halides is 3. The molecule has 0 aromatic heterocycles. The van der Waals surface area contributed by atoms with Crippen molar-refractivity contribution >= 4 is 23.3 Å². The van der Waals surface area contributed by atoms with Gasteiger partial charge in [-0.25, -0.2) is 8.42 Å². The lowest BCUT2D eigenvalue weighted by Gasteiger charge is -2.28. The molecule has 0 aromatic carbocycles. The van der Waals surface area contributed by atoms with Crippen LogP contribution < -0.4 is 4.72 Å². The first-order valence-corrected chi connectivity index (χ1v) is 16.4. The summed E-state index contributed by atoms with van der Waals surface area (Å²) in [6.45, 7) is 12.6. The van der Waals surface area contributed by atoms with Gasteiger partial charge in [-0.3, -0.25) is 4.79 Å². The zero-order chi connectivity index (χ0) is 26.1. The number of unbranched alkanes of at least 4 members (excludes halogenated alkanes) is 4. The molecule has 1 unspecified atom stereocenters. The molecule has 0 heterocycles. The van der Waals surface area contributed by atoms with Crippen molar-refractivity contribution in [3.05, 3.63) is 0 Å². The van der Waals surface area contributed by atoms with Gasteiger partial charge in [0.25, 0.3) is 0 Å². The quantitative estimate of drug-likeness (QED) is 0.199. The molecule has 0 amide bonds. The molecule has 0 aromatic rings. The molecular weight excluding hydrogens is 474 g/mol. The maximum Gasteiger partial charge on any atom is 0.511 e. The number of rotatable bonds is 17. The van der Waals surface area contributed by atoms with Crippen molar-refractivity contribution < 1.29 is 31.5 Å². The first-order valence-electron chi connectivity index (χ1n) is 12.4. The molecule has 0 radical (unpaired) electrons. The number of carboxylic acid groups (broad SMARTS) is 1. The van der Waals surface area contributed by atoms with Crippen LogP contribution in [-0.2, 0) is 14.8 Å². The highest BCUT2D eigenvalue weighted by atomic mass is 32.2. The zero-order valence-electron chi connectivity index (χ0n) is 21.5. The second-order valence-electron chi connectivity index (χ2n) is 9.24. The van der Waals surface area contributed by atoms with E-state index in [0.717, 1.165) is 4.72 Å². The Morgan fingerprint density at radius 2 is 1.18 bits per heavy atom. The largest absolute Gasteiger partial charge is 0.511 e. The van der Waals surface area contributed by atoms with Gasteiger partial charge in [0.15, 0.2) is 0 Å². The van der Waals surface area contributed by atoms with Gasteiger partial charge in [0.2, 0.25) is 0 Å². The Balaban J connectivity index is 0. The third-order valence-corrected chi connectivity index (χ3v) is 11.8. The SMILES string of the molecule is CC(C)CC(NS(=O)(=O)C(F)(F)F)C(=O)O.CCCC[P+](CCCC)(CCCC)CCCC. The fraction of sp³-hybridized carbons (Fsp3) is 0.957. The molecule has 0 spiro atoms. The maximum atomic E-state index is 12.0. The minimum Gasteiger partial charge on any atom is -0.480 e. The van der Waals surface area contributed by atoms with E-state index in [4.69, 9.17) is 5.11 Å². The zero-order valence-corrected chi connectivity index (χ0v) is 23.2. The van der Waals surface area contributed by atoms with E-state index in [1.54, 1.807) is 38.5 Å². The predicted octanol–water partition coefficient (Wildman–Crippen LogP) is 7.13. The summed E-state index contributed by atoms with van der Waals surface area (Å²) >= 11 is 0. The van der Waals surface area contributed by atoms with Crippen molar-refractivity contribution in [2.45, 2.75) is 111 Å². The van der Waals surface area contributed by atoms with Crippen LogP contribution in [0.5, 0.6) is 0 Å². The van der Waals surface area contributed by atoms with Gasteiger partial charge >= 0.3 is 21.5 Å². The highest BCUT2D eigenvalue weighted by Gasteiger charge is 2.47. The van der Waals surface area contributed by atoms with Gasteiger partial charge in [0.1, 0.15) is 6.04 Å². The fourth-order valence-electron chi connectivity index (χ4n) is 3.57. The number of sulfonamides is 1. The monoisotopic (exact) mass is 522 g/mol. The normalized spacial score (nSPS) is 13.5. The van der Waals surface area contributed by atoms with Crippen molar-refractivity contribution in [1.82, 2.24) is 4.72 Å². The predicted molar refractivity (Wildman–Crippen MR) is 135 cm³/mol. The molecule has 0 aliphatic rings. The number of nitrogens with one attached hydrogen (secondary N) is 1. The molecule has 200 valence electrons. The average Bonchev–Trinajstić information content (AvgIpc) is 2.71. The first kappa shape index (κ1) is 34.8. The molecule has 0 rings (SSSR count). The van der Waals surface area contributed by atoms with Crippen LogP contribution >= 0.6 is 7.26 Å². The molecule has 1 atom stereocenters. The number of hydrogen-bond acceptors (Lipinski definition) is 3. The van der Waals surface area contributed by atoms with Crippen molar-refractivity contribution in [3.63, 3.8) is 0 Å². The van der Waals surface area contributed by atoms with Crippen molar-refractivity contribution in [2.75, 3.05) is 24.6 Å². The molecule has 33 heavy (non-hydrogen) atoms. The lowest BCUT2D eigenvalue weighted by atomic mass is 10.1. The van der Waals surface area contributed by atoms with Crippen LogP contribution in [0.15, 0.2) is 0 Å². The topological polar surface area (TPSA) is 83.5 Å². The number of carbonyl (C=O) groups is 1. The molecule has 0 fully saturated rings. The summed E-state index contributed by atoms with van der Waals surface area (Å²) in [6.07, 6.45) is 17.7. The van der Waals surface area contributed by atoms with Gasteiger partial charge in [0, 0.05) is 7.26 Å². The molecule has 5 nitrogen and oxygen atoms in total. The number of carboxylic acids is 1. The minimum atomic E-state index is -5.62. The van der Waals surface area contributed by atoms with E-state index in [2.05, 4.69) is 27.7 Å². The Morgan fingerprint density at radius 1 is 0.848 bits per heavy atom. The molecule has 0 saturated heterocycles. The summed E-state index contributed by atoms with van der Waals surface area (Å²) in [5, 5.41) is 8.56. The number of halogens is 3. The van der Waals surface area contributed by atoms with Gasteiger partial charge in [-0.1, -0.05) is 67.2 Å². The van der Waals surface area contributed by atoms with Crippen LogP contribution in [0.3, 0.4) is 0 Å². The summed E-state index contributed by atoms with van der Waals surface area (Å²) in [5.74, 6) is -1.89. The minimum absolute atomic E-state index is 0.218. The van der Waals surface area contributed by atoms with Gasteiger partial charge in [-0.15, -0.1) is 0 Å². The molecule has 0 aliphatic heterocycles. The van der Waals surface area contributed by atoms with E-state index in [0.29, 0.717) is 0 Å². The van der Waals surface area contributed by atoms with E-state index >= 15 is 0 Å². The van der Waals surface area contributed by atoms with Gasteiger partial charge < -0.3 is 5.11 Å². The van der Waals surface area contributed by atoms with Crippen molar-refractivity contribution in [1.29, 1.82) is 0 Å². The molecular formula is C23H48F3NO4PS+. The van der Waals surface area contributed by atoms with Gasteiger partial charge in [0.05, 0.1) is 24.6 Å². The summed E-state index contributed by atoms with van der Waals surface area (Å²) in [4.78, 5) is 10.5. The van der Waals surface area contributed by atoms with E-state index in [1.807, 2.05) is 0 Å². The third-order valence-electron chi connectivity index (χ3n) is 5.55. The summed E-state index contributed by atoms with van der Waals surface area (Å²) in [7, 11) is -6.18. The van der Waals surface area contributed by atoms with Crippen LogP contribution in [0.1, 0.15) is 99.3 Å². The smallest absolute Gasteiger partial charge is 0.480 e. The Hall–Kier alpha value is -0.400. The molecule has 0 saturated carbocycles. The van der Waals surface area contributed by atoms with Crippen LogP contribution in [0.25, 0.3) is 0 Å². The summed E-state index contributed by atoms with van der Waals surface area (Å²) < 4.78 is 58.3. The molecule has 0 aliphatic carbocycles. The van der Waals surface area contributed by atoms with Gasteiger partial charge in [-0.05, 0) is 38.0 Å². The van der Waals surface area contributed by atoms with Crippen molar-refractivity contribution in [3.8, 4) is 0 Å². The van der Waals surface area contributed by atoms with E-state index in [1.165, 1.54) is 51.4 Å². The highest BCUT2D eigenvalue weighted by Crippen LogP contribution is 2.61. The Morgan fingerprint density at radius 3 is 1.39 bits per heavy atom. The fourth-order valence-corrected chi connectivity index (χ4v) is 9.56. The lowest BCUT2D eigenvalue weighted by Crippen LogP contribution is -2.46. The molecule has 2 N–H and O–H groups in total. The molecule has 0 bridgehead atoms. The molecule has 10 heteroatoms. The second-order valence-corrected chi connectivity index (χ2v) is 15.4. The Labute approximate surface area is 201 Å². The second kappa shape index (κ2) is 18.0. The van der Waals surface area contributed by atoms with E-state index < -0.39 is 34.8 Å². The third kappa shape index (κ3) is 16.0. The van der Waals surface area contributed by atoms with Crippen LogP contribution in [0.2, 0.25) is 0 Å². The van der Waals surface area contributed by atoms with Crippen LogP contribution in [0.4, 0.5) is 13.2 Å². The lowest BCUT2D eigenvalue weighted by molar-refractivity contribution is -0.139. The number of aliphatic carboxylic acids is 1. The number of hydrogen-bond donors (Lipinski definition) is 2. The summed E-state index contributed by atoms with van der Waals surface area (Å²) in [5.41, 5.74) is -5.50. The van der Waals surface area contributed by atoms with Crippen LogP contribution in [0, 0.1) is 5.92 Å². The maximum absolute atomic E-state index is 12.0. The summed E-state index contributed by atoms with van der Waals surface area (Å²) in [6, 6.07) is -1.77. The highest BCUT2D eigenvalue weighted by molar-refractivity contribution is 7.90.